The van der Waals surface area contributed by atoms with E-state index in [1.54, 1.807) is 6.08 Å². The monoisotopic (exact) mass is 147 g/mol. The molecule has 0 aliphatic carbocycles. The zero-order chi connectivity index (χ0) is 8.69. The van der Waals surface area contributed by atoms with Crippen LogP contribution in [0.1, 0.15) is 20.3 Å². The van der Waals surface area contributed by atoms with Gasteiger partial charge in [-0.2, -0.15) is 0 Å². The molecule has 0 unspecified atom stereocenters. The van der Waals surface area contributed by atoms with Crippen molar-refractivity contribution in [1.82, 2.24) is 0 Å². The van der Waals surface area contributed by atoms with Gasteiger partial charge in [0.2, 0.25) is 0 Å². The predicted octanol–water partition coefficient (Wildman–Crippen LogP) is 2.56. The number of hydrogen-bond donors (Lipinski definition) is 0. The van der Waals surface area contributed by atoms with E-state index in [1.165, 1.54) is 5.57 Å². The van der Waals surface area contributed by atoms with Crippen LogP contribution in [0.5, 0.6) is 0 Å². The van der Waals surface area contributed by atoms with Gasteiger partial charge in [0.05, 0.1) is 5.70 Å². The molecule has 0 aliphatic rings. The summed E-state index contributed by atoms with van der Waals surface area (Å²) in [7, 11) is 0. The van der Waals surface area contributed by atoms with Crippen LogP contribution in [0.3, 0.4) is 0 Å². The molecule has 11 heavy (non-hydrogen) atoms. The van der Waals surface area contributed by atoms with Crippen molar-refractivity contribution >= 4 is 6.72 Å². The van der Waals surface area contributed by atoms with Crippen molar-refractivity contribution in [3.8, 4) is 12.3 Å². The van der Waals surface area contributed by atoms with Gasteiger partial charge in [0, 0.05) is 6.08 Å². The number of aliphatic imine (C=N–C) groups is 1. The molecule has 0 heterocycles. The maximum absolute atomic E-state index is 5.08. The van der Waals surface area contributed by atoms with Gasteiger partial charge in [0.25, 0.3) is 0 Å². The van der Waals surface area contributed by atoms with Crippen molar-refractivity contribution in [3.05, 3.63) is 23.4 Å². The Kier molecular flexibility index (Phi) is 4.85. The van der Waals surface area contributed by atoms with Crippen LogP contribution in [-0.2, 0) is 0 Å². The summed E-state index contributed by atoms with van der Waals surface area (Å²) >= 11 is 0. The Labute approximate surface area is 68.5 Å². The summed E-state index contributed by atoms with van der Waals surface area (Å²) in [4.78, 5) is 3.76. The first-order valence-corrected chi connectivity index (χ1v) is 3.54. The molecule has 0 spiro atoms. The lowest BCUT2D eigenvalue weighted by Crippen LogP contribution is -1.75. The lowest BCUT2D eigenvalue weighted by Gasteiger charge is -1.94. The van der Waals surface area contributed by atoms with Crippen molar-refractivity contribution in [1.29, 1.82) is 0 Å². The van der Waals surface area contributed by atoms with Gasteiger partial charge in [-0.05, 0) is 26.1 Å². The molecule has 1 heteroatoms. The van der Waals surface area contributed by atoms with Crippen molar-refractivity contribution in [3.63, 3.8) is 0 Å². The normalized spacial score (nSPS) is 12.5. The molecule has 0 aromatic rings. The van der Waals surface area contributed by atoms with Gasteiger partial charge in [0.1, 0.15) is 0 Å². The van der Waals surface area contributed by atoms with Crippen LogP contribution in [0.25, 0.3) is 0 Å². The van der Waals surface area contributed by atoms with Crippen molar-refractivity contribution in [2.24, 2.45) is 4.99 Å². The maximum Gasteiger partial charge on any atom is 0.0705 e. The van der Waals surface area contributed by atoms with E-state index in [9.17, 15) is 0 Å². The molecule has 0 radical (unpaired) electrons. The standard InChI is InChI=1S/C10H13N/c1-5-7-10(11-4)8-9(3)6-2/h1,7-8H,4,6H2,2-3H3/b9-8+,10-7+. The second-order valence-corrected chi connectivity index (χ2v) is 2.24. The molecule has 0 saturated carbocycles. The average molecular weight is 147 g/mol. The quantitative estimate of drug-likeness (QED) is 0.330. The highest BCUT2D eigenvalue weighted by atomic mass is 14.7. The smallest absolute Gasteiger partial charge is 0.0705 e. The molecule has 0 amide bonds. The fraction of sp³-hybridized carbons (Fsp3) is 0.300. The Morgan fingerprint density at radius 3 is 2.73 bits per heavy atom. The predicted molar refractivity (Wildman–Crippen MR) is 50.5 cm³/mol. The molecule has 0 fully saturated rings. The zero-order valence-electron chi connectivity index (χ0n) is 7.09. The van der Waals surface area contributed by atoms with E-state index in [1.807, 2.05) is 13.0 Å². The Morgan fingerprint density at radius 2 is 2.36 bits per heavy atom. The minimum atomic E-state index is 0.756. The number of terminal acetylenes is 1. The first-order valence-electron chi connectivity index (χ1n) is 3.54. The second kappa shape index (κ2) is 5.49. The molecule has 0 rings (SSSR count). The van der Waals surface area contributed by atoms with Gasteiger partial charge < -0.3 is 0 Å². The molecule has 0 aliphatic heterocycles. The number of hydrogen-bond acceptors (Lipinski definition) is 1. The van der Waals surface area contributed by atoms with Gasteiger partial charge in [-0.1, -0.05) is 18.4 Å². The van der Waals surface area contributed by atoms with Crippen LogP contribution < -0.4 is 0 Å². The van der Waals surface area contributed by atoms with Gasteiger partial charge in [-0.3, -0.25) is 4.99 Å². The minimum absolute atomic E-state index is 0.756. The van der Waals surface area contributed by atoms with E-state index >= 15 is 0 Å². The highest BCUT2D eigenvalue weighted by Crippen LogP contribution is 2.05. The summed E-state index contributed by atoms with van der Waals surface area (Å²) in [6.07, 6.45) is 9.63. The van der Waals surface area contributed by atoms with E-state index in [0.29, 0.717) is 0 Å². The summed E-state index contributed by atoms with van der Waals surface area (Å²) < 4.78 is 0. The summed E-state index contributed by atoms with van der Waals surface area (Å²) in [6, 6.07) is 0. The van der Waals surface area contributed by atoms with Gasteiger partial charge >= 0.3 is 0 Å². The van der Waals surface area contributed by atoms with Gasteiger partial charge in [-0.15, -0.1) is 6.42 Å². The largest absolute Gasteiger partial charge is 0.264 e. The summed E-state index contributed by atoms with van der Waals surface area (Å²) in [5.74, 6) is 2.41. The SMILES string of the molecule is C#C/C=C(\C=C(/C)CC)N=C. The highest BCUT2D eigenvalue weighted by Gasteiger charge is 1.87. The van der Waals surface area contributed by atoms with Crippen LogP contribution in [0, 0.1) is 12.3 Å². The molecule has 58 valence electrons. The molecule has 1 nitrogen and oxygen atoms in total. The molecule has 0 atom stereocenters. The van der Waals surface area contributed by atoms with E-state index in [2.05, 4.69) is 24.6 Å². The third-order valence-electron chi connectivity index (χ3n) is 1.37. The molecule has 0 bridgehead atoms. The minimum Gasteiger partial charge on any atom is -0.264 e. The van der Waals surface area contributed by atoms with E-state index in [4.69, 9.17) is 6.42 Å². The molecular weight excluding hydrogens is 134 g/mol. The Hall–Kier alpha value is -1.29. The second-order valence-electron chi connectivity index (χ2n) is 2.24. The van der Waals surface area contributed by atoms with E-state index < -0.39 is 0 Å². The summed E-state index contributed by atoms with van der Waals surface area (Å²) in [5, 5.41) is 0. The summed E-state index contributed by atoms with van der Waals surface area (Å²) in [6.45, 7) is 7.53. The molecule has 0 saturated heterocycles. The first-order chi connectivity index (χ1) is 5.24. The average Bonchev–Trinajstić information content (AvgIpc) is 2.03. The number of allylic oxidation sites excluding steroid dienone is 3. The van der Waals surface area contributed by atoms with Crippen LogP contribution in [0.2, 0.25) is 0 Å². The van der Waals surface area contributed by atoms with Gasteiger partial charge in [0.15, 0.2) is 0 Å². The zero-order valence-corrected chi connectivity index (χ0v) is 7.09. The molecule has 0 aromatic carbocycles. The van der Waals surface area contributed by atoms with Crippen LogP contribution in [-0.4, -0.2) is 6.72 Å². The highest BCUT2D eigenvalue weighted by molar-refractivity contribution is 5.37. The molecule has 0 N–H and O–H groups in total. The maximum atomic E-state index is 5.08. The lowest BCUT2D eigenvalue weighted by atomic mass is 10.2. The van der Waals surface area contributed by atoms with Crippen molar-refractivity contribution in [2.75, 3.05) is 0 Å². The number of nitrogens with zero attached hydrogens (tertiary/aromatic N) is 1. The van der Waals surface area contributed by atoms with Crippen LogP contribution in [0.15, 0.2) is 28.4 Å². The van der Waals surface area contributed by atoms with Crippen LogP contribution >= 0.6 is 0 Å². The van der Waals surface area contributed by atoms with Crippen molar-refractivity contribution in [2.45, 2.75) is 20.3 Å². The molecular formula is C10H13N. The van der Waals surface area contributed by atoms with Gasteiger partial charge in [-0.25, -0.2) is 0 Å². The third-order valence-corrected chi connectivity index (χ3v) is 1.37. The van der Waals surface area contributed by atoms with Crippen LogP contribution in [0.4, 0.5) is 0 Å². The lowest BCUT2D eigenvalue weighted by molar-refractivity contribution is 1.09. The first kappa shape index (κ1) is 9.71. The molecule has 0 aromatic heterocycles. The van der Waals surface area contributed by atoms with Crippen molar-refractivity contribution < 1.29 is 0 Å². The Morgan fingerprint density at radius 1 is 1.73 bits per heavy atom. The Bertz CT molecular complexity index is 226. The topological polar surface area (TPSA) is 12.4 Å². The van der Waals surface area contributed by atoms with E-state index in [0.717, 1.165) is 12.1 Å². The third kappa shape index (κ3) is 4.16. The van der Waals surface area contributed by atoms with E-state index in [-0.39, 0.29) is 0 Å². The summed E-state index contributed by atoms with van der Waals surface area (Å²) in [5.41, 5.74) is 2.01. The fourth-order valence-electron chi connectivity index (χ4n) is 0.573. The Balaban J connectivity index is 4.45. The fourth-order valence-corrected chi connectivity index (χ4v) is 0.573. The number of rotatable bonds is 3.